The van der Waals surface area contributed by atoms with Crippen LogP contribution in [0.25, 0.3) is 0 Å². The van der Waals surface area contributed by atoms with Gasteiger partial charge in [0, 0.05) is 17.8 Å². The molecule has 2 saturated carbocycles. The Bertz CT molecular complexity index is 921. The Morgan fingerprint density at radius 2 is 2.00 bits per heavy atom. The number of anilines is 1. The van der Waals surface area contributed by atoms with E-state index >= 15 is 0 Å². The zero-order valence-electron chi connectivity index (χ0n) is 16.8. The summed E-state index contributed by atoms with van der Waals surface area (Å²) in [5, 5.41) is 22.4. The maximum absolute atomic E-state index is 13.0. The maximum Gasteiger partial charge on any atom is 0.224 e. The van der Waals surface area contributed by atoms with Gasteiger partial charge in [0.05, 0.1) is 11.7 Å². The Morgan fingerprint density at radius 3 is 2.69 bits per heavy atom. The fourth-order valence-corrected chi connectivity index (χ4v) is 6.87. The lowest BCUT2D eigenvalue weighted by atomic mass is 9.51. The van der Waals surface area contributed by atoms with Crippen LogP contribution < -0.4 is 5.32 Å². The van der Waals surface area contributed by atoms with Crippen LogP contribution in [0, 0.1) is 22.7 Å². The molecule has 3 N–H and O–H groups in total. The summed E-state index contributed by atoms with van der Waals surface area (Å²) in [4.78, 5) is 25.6. The third-order valence-electron chi connectivity index (χ3n) is 8.07. The van der Waals surface area contributed by atoms with Gasteiger partial charge in [-0.15, -0.1) is 0 Å². The summed E-state index contributed by atoms with van der Waals surface area (Å²) >= 11 is 0. The van der Waals surface area contributed by atoms with Crippen molar-refractivity contribution in [3.05, 3.63) is 30.4 Å². The third-order valence-corrected chi connectivity index (χ3v) is 8.07. The Kier molecular flexibility index (Phi) is 3.77. The van der Waals surface area contributed by atoms with Gasteiger partial charge in [-0.1, -0.05) is 19.1 Å². The molecule has 6 nitrogen and oxygen atoms in total. The van der Waals surface area contributed by atoms with Gasteiger partial charge in [0.25, 0.3) is 0 Å². The van der Waals surface area contributed by atoms with Gasteiger partial charge in [0.1, 0.15) is 17.2 Å². The first-order chi connectivity index (χ1) is 13.7. The maximum atomic E-state index is 13.0. The molecule has 6 atom stereocenters. The second-order valence-electron chi connectivity index (χ2n) is 9.83. The molecule has 2 heterocycles. The van der Waals surface area contributed by atoms with Crippen molar-refractivity contribution in [3.8, 4) is 11.5 Å². The average Bonchev–Trinajstić information content (AvgIpc) is 3.02. The SMILES string of the molecule is CC12CC34C=CC(=O)[C@@](C)(CCC(=O)Nc5c(O)cccc5O)C3C(CC1C4)O2. The lowest BCUT2D eigenvalue weighted by Crippen LogP contribution is -2.56. The molecular formula is C23H27NO5. The van der Waals surface area contributed by atoms with Crippen LogP contribution in [0.2, 0.25) is 0 Å². The number of ketones is 1. The van der Waals surface area contributed by atoms with Gasteiger partial charge >= 0.3 is 0 Å². The summed E-state index contributed by atoms with van der Waals surface area (Å²) < 4.78 is 6.43. The summed E-state index contributed by atoms with van der Waals surface area (Å²) in [5.41, 5.74) is -0.737. The van der Waals surface area contributed by atoms with Gasteiger partial charge in [-0.25, -0.2) is 0 Å². The summed E-state index contributed by atoms with van der Waals surface area (Å²) in [7, 11) is 0. The molecule has 4 fully saturated rings. The second kappa shape index (κ2) is 5.85. The molecule has 4 bridgehead atoms. The van der Waals surface area contributed by atoms with Crippen LogP contribution in [-0.2, 0) is 14.3 Å². The predicted octanol–water partition coefficient (Wildman–Crippen LogP) is 3.54. The first kappa shape index (κ1) is 18.7. The molecule has 5 unspecified atom stereocenters. The van der Waals surface area contributed by atoms with Crippen LogP contribution in [-0.4, -0.2) is 33.6 Å². The molecular weight excluding hydrogens is 370 g/mol. The quantitative estimate of drug-likeness (QED) is 0.676. The van der Waals surface area contributed by atoms with Crippen LogP contribution in [0.4, 0.5) is 5.69 Å². The molecule has 1 aromatic carbocycles. The number of aromatic hydroxyl groups is 2. The standard InChI is InChI=1S/C23H27NO5/c1-21(8-7-18(28)24-19-14(25)4-3-5-15(19)26)17(27)6-9-23-11-13-10-16(20(21)23)29-22(13,2)12-23/h3-6,9,13,16,20,25-26H,7-8,10-12H2,1-2H3,(H,24,28)/t13?,16?,20?,21-,22?,23?/m1/s1. The molecule has 1 spiro atoms. The normalized spacial score (nSPS) is 41.6. The number of hydrogen-bond donors (Lipinski definition) is 3. The van der Waals surface area contributed by atoms with E-state index in [-0.39, 0.29) is 58.3 Å². The molecule has 3 aliphatic carbocycles. The van der Waals surface area contributed by atoms with Crippen LogP contribution in [0.1, 0.15) is 46.0 Å². The zero-order valence-corrected chi connectivity index (χ0v) is 16.8. The van der Waals surface area contributed by atoms with Gasteiger partial charge < -0.3 is 20.3 Å². The Balaban J connectivity index is 1.36. The molecule has 0 radical (unpaired) electrons. The van der Waals surface area contributed by atoms with E-state index in [0.29, 0.717) is 12.3 Å². The largest absolute Gasteiger partial charge is 0.506 e. The summed E-state index contributed by atoms with van der Waals surface area (Å²) in [6.45, 7) is 4.18. The first-order valence-electron chi connectivity index (χ1n) is 10.4. The van der Waals surface area contributed by atoms with Crippen LogP contribution in [0.15, 0.2) is 30.4 Å². The number of rotatable bonds is 4. The molecule has 5 aliphatic rings. The summed E-state index contributed by atoms with van der Waals surface area (Å²) in [6, 6.07) is 4.30. The number of phenolic OH excluding ortho intramolecular Hbond substituents is 2. The molecule has 1 aromatic rings. The highest BCUT2D eigenvalue weighted by atomic mass is 16.5. The van der Waals surface area contributed by atoms with Gasteiger partial charge in [-0.05, 0) is 62.1 Å². The lowest BCUT2D eigenvalue weighted by Gasteiger charge is -2.55. The van der Waals surface area contributed by atoms with Crippen molar-refractivity contribution in [1.29, 1.82) is 0 Å². The average molecular weight is 397 g/mol. The number of ether oxygens (including phenoxy) is 1. The highest BCUT2D eigenvalue weighted by Gasteiger charge is 2.71. The van der Waals surface area contributed by atoms with Crippen molar-refractivity contribution in [1.82, 2.24) is 0 Å². The number of phenols is 2. The number of nitrogens with one attached hydrogen (secondary N) is 1. The third kappa shape index (κ3) is 2.51. The topological polar surface area (TPSA) is 95.9 Å². The van der Waals surface area contributed by atoms with Gasteiger partial charge in [-0.3, -0.25) is 9.59 Å². The number of allylic oxidation sites excluding steroid dienone is 2. The second-order valence-corrected chi connectivity index (χ2v) is 9.83. The van der Waals surface area contributed by atoms with Crippen LogP contribution in [0.5, 0.6) is 11.5 Å². The summed E-state index contributed by atoms with van der Waals surface area (Å²) in [5.74, 6) is -0.00475. The Labute approximate surface area is 169 Å². The lowest BCUT2D eigenvalue weighted by molar-refractivity contribution is -0.169. The van der Waals surface area contributed by atoms with Crippen molar-refractivity contribution in [2.75, 3.05) is 5.32 Å². The van der Waals surface area contributed by atoms with Crippen molar-refractivity contribution < 1.29 is 24.5 Å². The highest BCUT2D eigenvalue weighted by molar-refractivity contribution is 5.98. The van der Waals surface area contributed by atoms with E-state index in [1.54, 1.807) is 6.08 Å². The molecule has 0 aromatic heterocycles. The summed E-state index contributed by atoms with van der Waals surface area (Å²) in [6.07, 6.45) is 7.47. The monoisotopic (exact) mass is 397 g/mol. The van der Waals surface area contributed by atoms with Gasteiger partial charge in [-0.2, -0.15) is 0 Å². The van der Waals surface area contributed by atoms with Gasteiger partial charge in [0.15, 0.2) is 5.78 Å². The smallest absolute Gasteiger partial charge is 0.224 e. The molecule has 6 rings (SSSR count). The highest BCUT2D eigenvalue weighted by Crippen LogP contribution is 2.71. The molecule has 29 heavy (non-hydrogen) atoms. The van der Waals surface area contributed by atoms with E-state index in [1.807, 2.05) is 6.92 Å². The van der Waals surface area contributed by atoms with E-state index in [4.69, 9.17) is 4.74 Å². The fourth-order valence-electron chi connectivity index (χ4n) is 6.87. The number of amides is 1. The molecule has 2 aliphatic heterocycles. The minimum atomic E-state index is -0.659. The Morgan fingerprint density at radius 1 is 1.28 bits per heavy atom. The number of para-hydroxylation sites is 1. The molecule has 6 heteroatoms. The molecule has 154 valence electrons. The number of carbonyl (C=O) groups excluding carboxylic acids is 2. The number of carbonyl (C=O) groups is 2. The van der Waals surface area contributed by atoms with Crippen molar-refractivity contribution in [2.24, 2.45) is 22.7 Å². The van der Waals surface area contributed by atoms with Crippen molar-refractivity contribution in [3.63, 3.8) is 0 Å². The zero-order chi connectivity index (χ0) is 20.6. The Hall–Kier alpha value is -2.34. The van der Waals surface area contributed by atoms with Crippen molar-refractivity contribution >= 4 is 17.4 Å². The molecule has 2 saturated heterocycles. The van der Waals surface area contributed by atoms with Crippen LogP contribution in [0.3, 0.4) is 0 Å². The number of benzene rings is 1. The van der Waals surface area contributed by atoms with E-state index in [9.17, 15) is 19.8 Å². The van der Waals surface area contributed by atoms with Gasteiger partial charge in [0.2, 0.25) is 5.91 Å². The molecule has 1 amide bonds. The van der Waals surface area contributed by atoms with E-state index in [1.165, 1.54) is 18.2 Å². The minimum Gasteiger partial charge on any atom is -0.506 e. The van der Waals surface area contributed by atoms with E-state index in [2.05, 4.69) is 18.3 Å². The van der Waals surface area contributed by atoms with E-state index < -0.39 is 5.41 Å². The fraction of sp³-hybridized carbons (Fsp3) is 0.565. The van der Waals surface area contributed by atoms with Crippen LogP contribution >= 0.6 is 0 Å². The minimum absolute atomic E-state index is 0.00313. The predicted molar refractivity (Wildman–Crippen MR) is 106 cm³/mol. The van der Waals surface area contributed by atoms with E-state index in [0.717, 1.165) is 19.3 Å². The first-order valence-corrected chi connectivity index (χ1v) is 10.4. The van der Waals surface area contributed by atoms with Crippen molar-refractivity contribution in [2.45, 2.75) is 57.7 Å². The number of hydrogen-bond acceptors (Lipinski definition) is 5.